The van der Waals surface area contributed by atoms with Gasteiger partial charge in [0.1, 0.15) is 0 Å². The molecule has 0 radical (unpaired) electrons. The molecule has 0 saturated heterocycles. The van der Waals surface area contributed by atoms with Gasteiger partial charge in [-0.2, -0.15) is 0 Å². The fourth-order valence-corrected chi connectivity index (χ4v) is 0.406. The molecule has 4 nitrogen and oxygen atoms in total. The zero-order valence-electron chi connectivity index (χ0n) is 5.21. The average molecular weight is 129 g/mol. The van der Waals surface area contributed by atoms with Crippen LogP contribution in [0, 0.1) is 0 Å². The molecule has 0 aliphatic rings. The Morgan fingerprint density at radius 1 is 1.67 bits per heavy atom. The third-order valence-corrected chi connectivity index (χ3v) is 0.797. The van der Waals surface area contributed by atoms with E-state index in [-0.39, 0.29) is 0 Å². The smallest absolute Gasteiger partial charge is 0.207 e. The Hall–Kier alpha value is -1.06. The van der Waals surface area contributed by atoms with Gasteiger partial charge in [0.2, 0.25) is 6.41 Å². The molecule has 9 heavy (non-hydrogen) atoms. The number of aliphatic imine (C=N–C) groups is 1. The molecule has 0 unspecified atom stereocenters. The highest BCUT2D eigenvalue weighted by atomic mass is 16.1. The van der Waals surface area contributed by atoms with Crippen LogP contribution in [0.5, 0.6) is 0 Å². The molecular weight excluding hydrogens is 118 g/mol. The van der Waals surface area contributed by atoms with Gasteiger partial charge in [0.25, 0.3) is 0 Å². The molecule has 0 spiro atoms. The number of nitrogens with two attached hydrogens (primary N) is 1. The fraction of sp³-hybridized carbons (Fsp3) is 0.600. The Kier molecular flexibility index (Phi) is 6.12. The van der Waals surface area contributed by atoms with Crippen molar-refractivity contribution < 1.29 is 4.79 Å². The van der Waals surface area contributed by atoms with Crippen LogP contribution in [0.25, 0.3) is 0 Å². The molecule has 0 fully saturated rings. The molecule has 0 aromatic carbocycles. The molecule has 0 saturated carbocycles. The molecule has 0 rings (SSSR count). The molecular formula is C5H11N3O. The minimum atomic E-state index is 0.668. The van der Waals surface area contributed by atoms with E-state index >= 15 is 0 Å². The average Bonchev–Trinajstić information content (AvgIpc) is 1.89. The topological polar surface area (TPSA) is 67.5 Å². The number of nitrogens with one attached hydrogen (secondary N) is 1. The predicted octanol–water partition coefficient (Wildman–Crippen LogP) is -0.890. The molecule has 3 N–H and O–H groups in total. The Morgan fingerprint density at radius 2 is 2.44 bits per heavy atom. The molecule has 0 bridgehead atoms. The standard InChI is InChI=1S/C5H11N3O/c6-4-7-2-1-3-8-5-9/h4-5H,1-3H2,(H2,6,7)(H,8,9). The number of rotatable bonds is 5. The number of carbonyl (C=O) groups is 1. The van der Waals surface area contributed by atoms with E-state index in [1.54, 1.807) is 0 Å². The first-order valence-corrected chi connectivity index (χ1v) is 2.79. The first-order valence-electron chi connectivity index (χ1n) is 2.79. The minimum Gasteiger partial charge on any atom is -0.390 e. The van der Waals surface area contributed by atoms with Crippen molar-refractivity contribution in [3.63, 3.8) is 0 Å². The number of nitrogens with zero attached hydrogens (tertiary/aromatic N) is 1. The maximum absolute atomic E-state index is 9.66. The van der Waals surface area contributed by atoms with Crippen LogP contribution in [-0.4, -0.2) is 25.8 Å². The third-order valence-electron chi connectivity index (χ3n) is 0.797. The maximum Gasteiger partial charge on any atom is 0.207 e. The fourth-order valence-electron chi connectivity index (χ4n) is 0.406. The van der Waals surface area contributed by atoms with Crippen LogP contribution in [0.2, 0.25) is 0 Å². The lowest BCUT2D eigenvalue weighted by Crippen LogP contribution is -2.12. The second-order valence-electron chi connectivity index (χ2n) is 1.48. The van der Waals surface area contributed by atoms with E-state index < -0.39 is 0 Å². The summed E-state index contributed by atoms with van der Waals surface area (Å²) in [6.45, 7) is 1.35. The summed E-state index contributed by atoms with van der Waals surface area (Å²) in [5, 5.41) is 2.51. The first kappa shape index (κ1) is 7.94. The summed E-state index contributed by atoms with van der Waals surface area (Å²) in [6, 6.07) is 0. The van der Waals surface area contributed by atoms with Crippen molar-refractivity contribution in [2.75, 3.05) is 13.1 Å². The number of hydrogen-bond donors (Lipinski definition) is 2. The van der Waals surface area contributed by atoms with E-state index in [2.05, 4.69) is 10.3 Å². The quantitative estimate of drug-likeness (QED) is 0.219. The molecule has 52 valence electrons. The zero-order chi connectivity index (χ0) is 6.95. The van der Waals surface area contributed by atoms with E-state index in [1.807, 2.05) is 0 Å². The Bertz CT molecular complexity index is 92.2. The summed E-state index contributed by atoms with van der Waals surface area (Å²) in [6.07, 6.45) is 2.78. The summed E-state index contributed by atoms with van der Waals surface area (Å²) in [5.41, 5.74) is 4.96. The molecule has 0 aromatic heterocycles. The number of amides is 1. The normalized spacial score (nSPS) is 9.78. The molecule has 0 aromatic rings. The van der Waals surface area contributed by atoms with Crippen molar-refractivity contribution in [3.05, 3.63) is 0 Å². The van der Waals surface area contributed by atoms with Gasteiger partial charge in [-0.3, -0.25) is 9.79 Å². The van der Waals surface area contributed by atoms with Gasteiger partial charge in [-0.15, -0.1) is 0 Å². The number of carbonyl (C=O) groups excluding carboxylic acids is 1. The third kappa shape index (κ3) is 6.94. The Balaban J connectivity index is 2.82. The highest BCUT2D eigenvalue weighted by Gasteiger charge is 1.80. The molecule has 0 heterocycles. The lowest BCUT2D eigenvalue weighted by atomic mass is 10.4. The summed E-state index contributed by atoms with van der Waals surface area (Å²) < 4.78 is 0. The SMILES string of the molecule is NC=NCCCNC=O. The van der Waals surface area contributed by atoms with Crippen LogP contribution in [0.3, 0.4) is 0 Å². The van der Waals surface area contributed by atoms with Crippen molar-refractivity contribution in [2.45, 2.75) is 6.42 Å². The lowest BCUT2D eigenvalue weighted by Gasteiger charge is -1.92. The van der Waals surface area contributed by atoms with Crippen molar-refractivity contribution in [1.82, 2.24) is 5.32 Å². The van der Waals surface area contributed by atoms with Gasteiger partial charge in [0.15, 0.2) is 0 Å². The zero-order valence-corrected chi connectivity index (χ0v) is 5.21. The van der Waals surface area contributed by atoms with Gasteiger partial charge >= 0.3 is 0 Å². The monoisotopic (exact) mass is 129 g/mol. The van der Waals surface area contributed by atoms with Crippen LogP contribution in [0.15, 0.2) is 4.99 Å². The van der Waals surface area contributed by atoms with Crippen LogP contribution < -0.4 is 11.1 Å². The van der Waals surface area contributed by atoms with Gasteiger partial charge in [-0.05, 0) is 6.42 Å². The Labute approximate surface area is 54.1 Å². The van der Waals surface area contributed by atoms with E-state index in [9.17, 15) is 4.79 Å². The summed E-state index contributed by atoms with van der Waals surface area (Å²) >= 11 is 0. The van der Waals surface area contributed by atoms with Gasteiger partial charge in [0.05, 0.1) is 6.34 Å². The van der Waals surface area contributed by atoms with Gasteiger partial charge in [0, 0.05) is 13.1 Å². The summed E-state index contributed by atoms with van der Waals surface area (Å²) in [7, 11) is 0. The highest BCUT2D eigenvalue weighted by molar-refractivity contribution is 5.51. The van der Waals surface area contributed by atoms with Gasteiger partial charge in [-0.1, -0.05) is 0 Å². The molecule has 1 amide bonds. The van der Waals surface area contributed by atoms with E-state index in [0.717, 1.165) is 6.42 Å². The highest BCUT2D eigenvalue weighted by Crippen LogP contribution is 1.74. The van der Waals surface area contributed by atoms with Crippen LogP contribution in [0.4, 0.5) is 0 Å². The van der Waals surface area contributed by atoms with E-state index in [4.69, 9.17) is 5.73 Å². The predicted molar refractivity (Wildman–Crippen MR) is 36.2 cm³/mol. The lowest BCUT2D eigenvalue weighted by molar-refractivity contribution is -0.109. The molecule has 4 heteroatoms. The Morgan fingerprint density at radius 3 is 3.00 bits per heavy atom. The number of hydrogen-bond acceptors (Lipinski definition) is 2. The molecule has 0 aliphatic carbocycles. The molecule has 0 atom stereocenters. The minimum absolute atomic E-state index is 0.668. The first-order chi connectivity index (χ1) is 4.41. The van der Waals surface area contributed by atoms with Gasteiger partial charge < -0.3 is 11.1 Å². The van der Waals surface area contributed by atoms with E-state index in [0.29, 0.717) is 19.5 Å². The van der Waals surface area contributed by atoms with Crippen molar-refractivity contribution >= 4 is 12.7 Å². The van der Waals surface area contributed by atoms with Crippen molar-refractivity contribution in [2.24, 2.45) is 10.7 Å². The molecule has 0 aliphatic heterocycles. The largest absolute Gasteiger partial charge is 0.390 e. The van der Waals surface area contributed by atoms with Gasteiger partial charge in [-0.25, -0.2) is 0 Å². The van der Waals surface area contributed by atoms with Crippen LogP contribution in [0.1, 0.15) is 6.42 Å². The second-order valence-corrected chi connectivity index (χ2v) is 1.48. The van der Waals surface area contributed by atoms with Crippen molar-refractivity contribution in [3.8, 4) is 0 Å². The van der Waals surface area contributed by atoms with Crippen LogP contribution in [-0.2, 0) is 4.79 Å². The van der Waals surface area contributed by atoms with Crippen molar-refractivity contribution in [1.29, 1.82) is 0 Å². The second kappa shape index (κ2) is 6.94. The summed E-state index contributed by atoms with van der Waals surface area (Å²) in [5.74, 6) is 0. The maximum atomic E-state index is 9.66. The van der Waals surface area contributed by atoms with Crippen LogP contribution >= 0.6 is 0 Å². The van der Waals surface area contributed by atoms with E-state index in [1.165, 1.54) is 6.34 Å². The summed E-state index contributed by atoms with van der Waals surface area (Å²) in [4.78, 5) is 13.4.